The minimum atomic E-state index is -0.985. The summed E-state index contributed by atoms with van der Waals surface area (Å²) in [4.78, 5) is 11.1. The molecule has 1 heterocycles. The van der Waals surface area contributed by atoms with Crippen molar-refractivity contribution in [3.63, 3.8) is 0 Å². The van der Waals surface area contributed by atoms with E-state index in [0.717, 1.165) is 17.7 Å². The predicted octanol–water partition coefficient (Wildman–Crippen LogP) is 1.23. The lowest BCUT2D eigenvalue weighted by Gasteiger charge is -2.02. The van der Waals surface area contributed by atoms with Crippen molar-refractivity contribution in [1.29, 1.82) is 0 Å². The summed E-state index contributed by atoms with van der Waals surface area (Å²) in [7, 11) is 0. The molecule has 68 valence electrons. The van der Waals surface area contributed by atoms with Crippen LogP contribution in [0.2, 0.25) is 0 Å². The molecule has 0 aromatic heterocycles. The molecule has 1 atom stereocenters. The molecule has 3 nitrogen and oxygen atoms in total. The summed E-state index contributed by atoms with van der Waals surface area (Å²) in [5, 5.41) is 12.1. The number of anilines is 1. The molecule has 0 spiro atoms. The first-order valence-corrected chi connectivity index (χ1v) is 4.34. The maximum absolute atomic E-state index is 11.1. The SMILES string of the molecule is CCc1ccc2c(c1)C(O)C(=O)N2. The van der Waals surface area contributed by atoms with Gasteiger partial charge in [0.1, 0.15) is 0 Å². The van der Waals surface area contributed by atoms with Gasteiger partial charge in [0, 0.05) is 11.3 Å². The molecular formula is C10H11NO2. The molecule has 0 bridgehead atoms. The third-order valence-corrected chi connectivity index (χ3v) is 2.33. The zero-order valence-electron chi connectivity index (χ0n) is 7.37. The first-order valence-electron chi connectivity index (χ1n) is 4.34. The summed E-state index contributed by atoms with van der Waals surface area (Å²) < 4.78 is 0. The van der Waals surface area contributed by atoms with Gasteiger partial charge in [-0.05, 0) is 18.1 Å². The van der Waals surface area contributed by atoms with E-state index in [9.17, 15) is 9.90 Å². The Bertz CT molecular complexity index is 360. The Morgan fingerprint density at radius 2 is 2.31 bits per heavy atom. The van der Waals surface area contributed by atoms with E-state index in [1.54, 1.807) is 0 Å². The number of benzene rings is 1. The maximum atomic E-state index is 11.1. The standard InChI is InChI=1S/C10H11NO2/c1-2-6-3-4-8-7(5-6)9(12)10(13)11-8/h3-5,9,12H,2H2,1H3,(H,11,13). The monoisotopic (exact) mass is 177 g/mol. The fraction of sp³-hybridized carbons (Fsp3) is 0.300. The topological polar surface area (TPSA) is 49.3 Å². The molecule has 0 fully saturated rings. The van der Waals surface area contributed by atoms with Gasteiger partial charge in [-0.25, -0.2) is 0 Å². The largest absolute Gasteiger partial charge is 0.378 e. The van der Waals surface area contributed by atoms with Crippen LogP contribution in [0.3, 0.4) is 0 Å². The molecule has 0 radical (unpaired) electrons. The van der Waals surface area contributed by atoms with Crippen molar-refractivity contribution in [2.24, 2.45) is 0 Å². The van der Waals surface area contributed by atoms with Crippen LogP contribution in [0.25, 0.3) is 0 Å². The van der Waals surface area contributed by atoms with Crippen LogP contribution in [-0.2, 0) is 11.2 Å². The predicted molar refractivity (Wildman–Crippen MR) is 49.4 cm³/mol. The van der Waals surface area contributed by atoms with Gasteiger partial charge in [0.15, 0.2) is 6.10 Å². The Hall–Kier alpha value is -1.35. The zero-order chi connectivity index (χ0) is 9.42. The molecule has 2 N–H and O–H groups in total. The molecule has 13 heavy (non-hydrogen) atoms. The molecule has 2 rings (SSSR count). The van der Waals surface area contributed by atoms with E-state index >= 15 is 0 Å². The number of nitrogens with one attached hydrogen (secondary N) is 1. The fourth-order valence-electron chi connectivity index (χ4n) is 1.51. The van der Waals surface area contributed by atoms with E-state index < -0.39 is 6.10 Å². The number of amides is 1. The maximum Gasteiger partial charge on any atom is 0.257 e. The Labute approximate surface area is 76.4 Å². The van der Waals surface area contributed by atoms with Gasteiger partial charge < -0.3 is 10.4 Å². The normalized spacial score (nSPS) is 19.8. The van der Waals surface area contributed by atoms with Crippen molar-refractivity contribution < 1.29 is 9.90 Å². The molecule has 1 unspecified atom stereocenters. The molecule has 3 heteroatoms. The molecule has 0 aliphatic carbocycles. The summed E-state index contributed by atoms with van der Waals surface area (Å²) in [6.07, 6.45) is -0.0738. The molecule has 1 aliphatic heterocycles. The summed E-state index contributed by atoms with van der Waals surface area (Å²) >= 11 is 0. The van der Waals surface area contributed by atoms with Crippen LogP contribution in [0.5, 0.6) is 0 Å². The second-order valence-corrected chi connectivity index (χ2v) is 3.17. The lowest BCUT2D eigenvalue weighted by molar-refractivity contribution is -0.123. The number of fused-ring (bicyclic) bond motifs is 1. The number of hydrogen-bond acceptors (Lipinski definition) is 2. The number of aliphatic hydroxyl groups is 1. The van der Waals surface area contributed by atoms with Crippen LogP contribution in [0.1, 0.15) is 24.2 Å². The lowest BCUT2D eigenvalue weighted by Crippen LogP contribution is -2.10. The molecule has 1 amide bonds. The minimum Gasteiger partial charge on any atom is -0.378 e. The highest BCUT2D eigenvalue weighted by atomic mass is 16.3. The van der Waals surface area contributed by atoms with Crippen molar-refractivity contribution in [1.82, 2.24) is 0 Å². The highest BCUT2D eigenvalue weighted by Gasteiger charge is 2.27. The summed E-state index contributed by atoms with van der Waals surface area (Å²) in [5.41, 5.74) is 2.56. The third kappa shape index (κ3) is 1.21. The first kappa shape index (κ1) is 8.26. The van der Waals surface area contributed by atoms with Crippen LogP contribution < -0.4 is 5.32 Å². The van der Waals surface area contributed by atoms with Crippen molar-refractivity contribution in [3.05, 3.63) is 29.3 Å². The van der Waals surface area contributed by atoms with Crippen LogP contribution >= 0.6 is 0 Å². The Morgan fingerprint density at radius 1 is 1.54 bits per heavy atom. The fourth-order valence-corrected chi connectivity index (χ4v) is 1.51. The average Bonchev–Trinajstić information content (AvgIpc) is 2.43. The zero-order valence-corrected chi connectivity index (χ0v) is 7.37. The van der Waals surface area contributed by atoms with E-state index in [1.807, 2.05) is 25.1 Å². The second-order valence-electron chi connectivity index (χ2n) is 3.17. The number of carbonyl (C=O) groups excluding carboxylic acids is 1. The van der Waals surface area contributed by atoms with Crippen molar-refractivity contribution in [3.8, 4) is 0 Å². The van der Waals surface area contributed by atoms with Gasteiger partial charge in [0.05, 0.1) is 0 Å². The smallest absolute Gasteiger partial charge is 0.257 e. The molecular weight excluding hydrogens is 166 g/mol. The van der Waals surface area contributed by atoms with Crippen molar-refractivity contribution in [2.75, 3.05) is 5.32 Å². The number of rotatable bonds is 1. The van der Waals surface area contributed by atoms with E-state index in [0.29, 0.717) is 5.56 Å². The van der Waals surface area contributed by atoms with Crippen LogP contribution in [0.15, 0.2) is 18.2 Å². The van der Waals surface area contributed by atoms with Crippen LogP contribution in [0.4, 0.5) is 5.69 Å². The van der Waals surface area contributed by atoms with Gasteiger partial charge in [0.25, 0.3) is 5.91 Å². The van der Waals surface area contributed by atoms with Gasteiger partial charge in [-0.3, -0.25) is 4.79 Å². The quantitative estimate of drug-likeness (QED) is 0.678. The number of carbonyl (C=O) groups is 1. The first-order chi connectivity index (χ1) is 6.22. The van der Waals surface area contributed by atoms with Gasteiger partial charge in [0.2, 0.25) is 0 Å². The summed E-state index contributed by atoms with van der Waals surface area (Å²) in [6.45, 7) is 2.04. The van der Waals surface area contributed by atoms with E-state index in [1.165, 1.54) is 0 Å². The molecule has 0 saturated carbocycles. The van der Waals surface area contributed by atoms with Gasteiger partial charge in [-0.2, -0.15) is 0 Å². The summed E-state index contributed by atoms with van der Waals surface area (Å²) in [6, 6.07) is 5.66. The van der Waals surface area contributed by atoms with Crippen LogP contribution in [0, 0.1) is 0 Å². The van der Waals surface area contributed by atoms with E-state index in [2.05, 4.69) is 5.32 Å². The Balaban J connectivity index is 2.47. The Kier molecular flexibility index (Phi) is 1.81. The highest BCUT2D eigenvalue weighted by molar-refractivity contribution is 6.01. The minimum absolute atomic E-state index is 0.330. The van der Waals surface area contributed by atoms with Gasteiger partial charge in [-0.1, -0.05) is 19.1 Å². The molecule has 1 aliphatic rings. The summed E-state index contributed by atoms with van der Waals surface area (Å²) in [5.74, 6) is -0.330. The van der Waals surface area contributed by atoms with Gasteiger partial charge in [-0.15, -0.1) is 0 Å². The second kappa shape index (κ2) is 2.85. The molecule has 1 aromatic rings. The lowest BCUT2D eigenvalue weighted by atomic mass is 10.1. The van der Waals surface area contributed by atoms with Crippen LogP contribution in [-0.4, -0.2) is 11.0 Å². The van der Waals surface area contributed by atoms with E-state index in [4.69, 9.17) is 0 Å². The van der Waals surface area contributed by atoms with Crippen molar-refractivity contribution in [2.45, 2.75) is 19.4 Å². The number of aryl methyl sites for hydroxylation is 1. The molecule has 1 aromatic carbocycles. The van der Waals surface area contributed by atoms with Crippen molar-refractivity contribution >= 4 is 11.6 Å². The number of hydrogen-bond donors (Lipinski definition) is 2. The Morgan fingerprint density at radius 3 is 3.00 bits per heavy atom. The highest BCUT2D eigenvalue weighted by Crippen LogP contribution is 2.31. The average molecular weight is 177 g/mol. The van der Waals surface area contributed by atoms with Gasteiger partial charge >= 0.3 is 0 Å². The van der Waals surface area contributed by atoms with E-state index in [-0.39, 0.29) is 5.91 Å². The molecule has 0 saturated heterocycles. The third-order valence-electron chi connectivity index (χ3n) is 2.33. The number of aliphatic hydroxyl groups excluding tert-OH is 1.